The minimum Gasteiger partial charge on any atom is -0.478 e. The number of benzene rings is 1. The lowest BCUT2D eigenvalue weighted by atomic mass is 10.2. The van der Waals surface area contributed by atoms with E-state index in [0.717, 1.165) is 0 Å². The smallest absolute Gasteiger partial charge is 0.335 e. The fourth-order valence-corrected chi connectivity index (χ4v) is 8.35. The van der Waals surface area contributed by atoms with Crippen molar-refractivity contribution in [1.82, 2.24) is 0 Å². The van der Waals surface area contributed by atoms with Gasteiger partial charge in [-0.25, -0.2) is 4.79 Å². The van der Waals surface area contributed by atoms with Gasteiger partial charge >= 0.3 is 5.97 Å². The van der Waals surface area contributed by atoms with Gasteiger partial charge in [-0.05, 0) is 24.0 Å². The summed E-state index contributed by atoms with van der Waals surface area (Å²) in [6.07, 6.45) is 0. The molecule has 1 rings (SSSR count). The average molecular weight is 278 g/mol. The number of rotatable bonds is 6. The zero-order valence-electron chi connectivity index (χ0n) is 12.7. The summed E-state index contributed by atoms with van der Waals surface area (Å²) in [4.78, 5) is 10.9. The van der Waals surface area contributed by atoms with Crippen molar-refractivity contribution in [1.29, 1.82) is 0 Å². The van der Waals surface area contributed by atoms with Gasteiger partial charge in [-0.15, -0.1) is 0 Å². The monoisotopic (exact) mass is 278 g/mol. The van der Waals surface area contributed by atoms with Crippen LogP contribution in [0.4, 0.5) is 0 Å². The van der Waals surface area contributed by atoms with Gasteiger partial charge in [0.2, 0.25) is 0 Å². The first kappa shape index (κ1) is 16.0. The lowest BCUT2D eigenvalue weighted by Gasteiger charge is -2.31. The summed E-state index contributed by atoms with van der Waals surface area (Å²) in [5.41, 5.74) is 0.384. The molecule has 19 heavy (non-hydrogen) atoms. The summed E-state index contributed by atoms with van der Waals surface area (Å²) in [7, 11) is -1.50. The number of carbonyl (C=O) groups is 1. The van der Waals surface area contributed by atoms with E-state index < -0.39 is 14.0 Å². The Morgan fingerprint density at radius 1 is 1.05 bits per heavy atom. The predicted octanol–water partition coefficient (Wildman–Crippen LogP) is 3.98. The first-order valence-electron chi connectivity index (χ1n) is 7.08. The molecule has 3 heteroatoms. The summed E-state index contributed by atoms with van der Waals surface area (Å²) < 4.78 is 0. The summed E-state index contributed by atoms with van der Waals surface area (Å²) in [6, 6.07) is 10.1. The van der Waals surface area contributed by atoms with Crippen LogP contribution in [0.25, 0.3) is 0 Å². The van der Waals surface area contributed by atoms with E-state index in [0.29, 0.717) is 17.4 Å². The number of hydrogen-bond donors (Lipinski definition) is 1. The molecule has 2 nitrogen and oxygen atoms in total. The molecule has 0 atom stereocenters. The van der Waals surface area contributed by atoms with Crippen LogP contribution in [0.2, 0.25) is 18.6 Å². The van der Waals surface area contributed by atoms with Crippen molar-refractivity contribution >= 4 is 19.2 Å². The third kappa shape index (κ3) is 4.50. The fourth-order valence-electron chi connectivity index (χ4n) is 3.14. The molecule has 0 fully saturated rings. The highest BCUT2D eigenvalue weighted by Crippen LogP contribution is 2.25. The van der Waals surface area contributed by atoms with Gasteiger partial charge in [0, 0.05) is 0 Å². The topological polar surface area (TPSA) is 37.3 Å². The molecule has 0 aliphatic carbocycles. The van der Waals surface area contributed by atoms with Gasteiger partial charge in [0.1, 0.15) is 0 Å². The number of carboxylic acid groups (broad SMARTS) is 1. The first-order chi connectivity index (χ1) is 8.74. The van der Waals surface area contributed by atoms with Crippen molar-refractivity contribution < 1.29 is 9.90 Å². The van der Waals surface area contributed by atoms with Crippen molar-refractivity contribution in [3.05, 3.63) is 29.8 Å². The SMILES string of the molecule is CC(C)C[Si](C)(CC(C)C)c1ccc(C(=O)O)cc1. The molecule has 0 spiro atoms. The molecule has 0 heterocycles. The van der Waals surface area contributed by atoms with Crippen molar-refractivity contribution in [3.8, 4) is 0 Å². The standard InChI is InChI=1S/C16H26O2Si/c1-12(2)10-19(5,11-13(3)4)15-8-6-14(7-9-15)16(17)18/h6-9,12-13H,10-11H2,1-5H3,(H,17,18). The molecule has 0 amide bonds. The van der Waals surface area contributed by atoms with Crippen molar-refractivity contribution in [2.45, 2.75) is 46.3 Å². The molecule has 1 N–H and O–H groups in total. The maximum Gasteiger partial charge on any atom is 0.335 e. The van der Waals surface area contributed by atoms with E-state index in [2.05, 4.69) is 34.2 Å². The largest absolute Gasteiger partial charge is 0.478 e. The van der Waals surface area contributed by atoms with E-state index >= 15 is 0 Å². The van der Waals surface area contributed by atoms with E-state index in [9.17, 15) is 4.79 Å². The summed E-state index contributed by atoms with van der Waals surface area (Å²) >= 11 is 0. The Morgan fingerprint density at radius 3 is 1.79 bits per heavy atom. The summed E-state index contributed by atoms with van der Waals surface area (Å²) in [5.74, 6) is 0.534. The summed E-state index contributed by atoms with van der Waals surface area (Å²) in [6.45, 7) is 11.5. The second-order valence-electron chi connectivity index (χ2n) is 6.64. The van der Waals surface area contributed by atoms with Gasteiger partial charge in [-0.2, -0.15) is 0 Å². The van der Waals surface area contributed by atoms with Crippen molar-refractivity contribution in [3.63, 3.8) is 0 Å². The Kier molecular flexibility index (Phi) is 5.35. The lowest BCUT2D eigenvalue weighted by Crippen LogP contribution is -2.46. The molecule has 1 aromatic rings. The van der Waals surface area contributed by atoms with Crippen LogP contribution in [-0.4, -0.2) is 19.1 Å². The zero-order chi connectivity index (χ0) is 14.6. The van der Waals surface area contributed by atoms with Gasteiger partial charge in [0.15, 0.2) is 0 Å². The van der Waals surface area contributed by atoms with Gasteiger partial charge in [0.25, 0.3) is 0 Å². The second kappa shape index (κ2) is 6.37. The Bertz CT molecular complexity index is 411. The predicted molar refractivity (Wildman–Crippen MR) is 83.9 cm³/mol. The van der Waals surface area contributed by atoms with E-state index in [1.807, 2.05) is 12.1 Å². The van der Waals surface area contributed by atoms with E-state index in [1.54, 1.807) is 12.1 Å². The number of aromatic carboxylic acids is 1. The van der Waals surface area contributed by atoms with Crippen LogP contribution in [0.15, 0.2) is 24.3 Å². The van der Waals surface area contributed by atoms with Crippen molar-refractivity contribution in [2.24, 2.45) is 11.8 Å². The molecule has 0 saturated heterocycles. The molecular formula is C16H26O2Si. The van der Waals surface area contributed by atoms with Crippen LogP contribution >= 0.6 is 0 Å². The van der Waals surface area contributed by atoms with Crippen molar-refractivity contribution in [2.75, 3.05) is 0 Å². The highest BCUT2D eigenvalue weighted by atomic mass is 28.3. The van der Waals surface area contributed by atoms with Gasteiger partial charge < -0.3 is 5.11 Å². The van der Waals surface area contributed by atoms with Crippen LogP contribution in [0.3, 0.4) is 0 Å². The number of hydrogen-bond acceptors (Lipinski definition) is 1. The highest BCUT2D eigenvalue weighted by molar-refractivity contribution is 6.90. The van der Waals surface area contributed by atoms with Crippen LogP contribution in [0.5, 0.6) is 0 Å². The molecule has 0 aromatic heterocycles. The highest BCUT2D eigenvalue weighted by Gasteiger charge is 2.31. The quantitative estimate of drug-likeness (QED) is 0.799. The molecular weight excluding hydrogens is 252 g/mol. The molecule has 106 valence electrons. The maximum absolute atomic E-state index is 10.9. The summed E-state index contributed by atoms with van der Waals surface area (Å²) in [5, 5.41) is 10.4. The molecule has 0 unspecified atom stereocenters. The third-order valence-electron chi connectivity index (χ3n) is 3.55. The third-order valence-corrected chi connectivity index (χ3v) is 8.71. The van der Waals surface area contributed by atoms with Crippen LogP contribution in [-0.2, 0) is 0 Å². The van der Waals surface area contributed by atoms with Gasteiger partial charge in [-0.1, -0.05) is 63.6 Å². The lowest BCUT2D eigenvalue weighted by molar-refractivity contribution is 0.0697. The van der Waals surface area contributed by atoms with Gasteiger partial charge in [0.05, 0.1) is 13.6 Å². The molecule has 0 saturated carbocycles. The van der Waals surface area contributed by atoms with E-state index in [1.165, 1.54) is 17.3 Å². The Hall–Kier alpha value is -1.09. The van der Waals surface area contributed by atoms with Crippen LogP contribution in [0.1, 0.15) is 38.1 Å². The Balaban J connectivity index is 3.06. The normalized spacial score (nSPS) is 12.2. The van der Waals surface area contributed by atoms with E-state index in [4.69, 9.17) is 5.11 Å². The number of carboxylic acids is 1. The molecule has 0 bridgehead atoms. The minimum atomic E-state index is -1.50. The minimum absolute atomic E-state index is 0.384. The zero-order valence-corrected chi connectivity index (χ0v) is 13.7. The average Bonchev–Trinajstić information content (AvgIpc) is 2.26. The van der Waals surface area contributed by atoms with Crippen LogP contribution in [0, 0.1) is 11.8 Å². The van der Waals surface area contributed by atoms with E-state index in [-0.39, 0.29) is 0 Å². The Morgan fingerprint density at radius 2 is 1.47 bits per heavy atom. The molecule has 0 radical (unpaired) electrons. The maximum atomic E-state index is 10.9. The molecule has 1 aromatic carbocycles. The second-order valence-corrected chi connectivity index (χ2v) is 11.2. The fraction of sp³-hybridized carbons (Fsp3) is 0.562. The van der Waals surface area contributed by atoms with Crippen LogP contribution < -0.4 is 5.19 Å². The van der Waals surface area contributed by atoms with Gasteiger partial charge in [-0.3, -0.25) is 0 Å². The molecule has 0 aliphatic rings. The molecule has 0 aliphatic heterocycles. The first-order valence-corrected chi connectivity index (χ1v) is 10.00. The Labute approximate surface area is 117 Å².